The predicted molar refractivity (Wildman–Crippen MR) is 86.4 cm³/mol. The van der Waals surface area contributed by atoms with Gasteiger partial charge in [0.25, 0.3) is 0 Å². The Balaban J connectivity index is 0.000000473. The van der Waals surface area contributed by atoms with Crippen molar-refractivity contribution < 1.29 is 0 Å². The molecule has 0 aromatic carbocycles. The van der Waals surface area contributed by atoms with E-state index in [2.05, 4.69) is 20.8 Å². The van der Waals surface area contributed by atoms with Crippen LogP contribution in [0.15, 0.2) is 0 Å². The zero-order valence-electron chi connectivity index (χ0n) is 12.8. The van der Waals surface area contributed by atoms with Gasteiger partial charge in [0.1, 0.15) is 0 Å². The van der Waals surface area contributed by atoms with E-state index in [1.165, 1.54) is 38.5 Å². The Labute approximate surface area is 124 Å². The van der Waals surface area contributed by atoms with E-state index < -0.39 is 19.8 Å². The number of unbranched alkanes of at least 4 members (excludes halogenated alkanes) is 3. The molecular formula is C17H32Sn+. The molecule has 0 saturated heterocycles. The summed E-state index contributed by atoms with van der Waals surface area (Å²) >= 11 is -0.839. The van der Waals surface area contributed by atoms with Gasteiger partial charge in [-0.2, -0.15) is 0 Å². The molecule has 0 spiro atoms. The van der Waals surface area contributed by atoms with Crippen LogP contribution in [-0.2, 0) is 0 Å². The average molecular weight is 355 g/mol. The number of hydrogen-bond acceptors (Lipinski definition) is 0. The Hall–Kier alpha value is 0.799. The molecule has 1 fully saturated rings. The summed E-state index contributed by atoms with van der Waals surface area (Å²) in [6.45, 7) is 7.00. The van der Waals surface area contributed by atoms with Crippen molar-refractivity contribution in [2.45, 2.75) is 72.6 Å². The molecule has 1 heteroatoms. The van der Waals surface area contributed by atoms with Gasteiger partial charge in [-0.1, -0.05) is 0 Å². The van der Waals surface area contributed by atoms with Crippen LogP contribution in [-0.4, -0.2) is 19.8 Å². The fourth-order valence-corrected chi connectivity index (χ4v) is 11.4. The van der Waals surface area contributed by atoms with E-state index in [9.17, 15) is 0 Å². The molecule has 1 aliphatic rings. The van der Waals surface area contributed by atoms with Crippen molar-refractivity contribution in [3.63, 3.8) is 0 Å². The van der Waals surface area contributed by atoms with Crippen LogP contribution in [0.25, 0.3) is 0 Å². The van der Waals surface area contributed by atoms with Crippen molar-refractivity contribution >= 4 is 19.8 Å². The standard InChI is InChI=1S/C5H5.3C4H9.Sn/c1-2-4-5-3-1;3*1-3-4-2;/h1-5H;3*1,3-4H2,2H3;/q;;;;+1. The zero-order chi connectivity index (χ0) is 13.5. The molecule has 1 saturated carbocycles. The van der Waals surface area contributed by atoms with Crippen LogP contribution >= 0.6 is 0 Å². The van der Waals surface area contributed by atoms with E-state index in [0.29, 0.717) is 0 Å². The second-order valence-corrected chi connectivity index (χ2v) is 13.6. The monoisotopic (exact) mass is 356 g/mol. The summed E-state index contributed by atoms with van der Waals surface area (Å²) in [6.07, 6.45) is 18.8. The van der Waals surface area contributed by atoms with Crippen molar-refractivity contribution in [2.75, 3.05) is 0 Å². The Kier molecular flexibility index (Phi) is 16.6. The van der Waals surface area contributed by atoms with E-state index >= 15 is 0 Å². The minimum Gasteiger partial charge on any atom is -0.0312 e. The van der Waals surface area contributed by atoms with Crippen LogP contribution in [0.4, 0.5) is 0 Å². The van der Waals surface area contributed by atoms with Gasteiger partial charge in [-0.15, -0.1) is 0 Å². The van der Waals surface area contributed by atoms with Crippen molar-refractivity contribution in [3.8, 4) is 0 Å². The molecule has 0 aromatic rings. The molecule has 0 nitrogen and oxygen atoms in total. The van der Waals surface area contributed by atoms with Crippen molar-refractivity contribution in [1.82, 2.24) is 0 Å². The van der Waals surface area contributed by atoms with Crippen LogP contribution in [0.2, 0.25) is 13.3 Å². The SMILES string of the molecule is CCC[CH2][Sn+]([CH2]CCC)[CH2]CCC.[CH]1[CH][CH][CH][CH]1. The van der Waals surface area contributed by atoms with Crippen LogP contribution in [0, 0.1) is 32.1 Å². The molecular weight excluding hydrogens is 323 g/mol. The summed E-state index contributed by atoms with van der Waals surface area (Å²) in [5, 5.41) is 0. The van der Waals surface area contributed by atoms with Crippen LogP contribution in [0.5, 0.6) is 0 Å². The van der Waals surface area contributed by atoms with Crippen molar-refractivity contribution in [3.05, 3.63) is 32.1 Å². The third-order valence-corrected chi connectivity index (χ3v) is 12.3. The summed E-state index contributed by atoms with van der Waals surface area (Å²) < 4.78 is 5.04. The first kappa shape index (κ1) is 18.8. The smallest absolute Gasteiger partial charge is 0.0312 e. The Morgan fingerprint density at radius 1 is 0.556 bits per heavy atom. The first-order chi connectivity index (χ1) is 8.85. The molecule has 5 radical (unpaired) electrons. The molecule has 1 aliphatic carbocycles. The summed E-state index contributed by atoms with van der Waals surface area (Å²) in [6, 6.07) is 0. The van der Waals surface area contributed by atoms with Crippen LogP contribution < -0.4 is 0 Å². The maximum absolute atomic E-state index is 2.33. The normalized spacial score (nSPS) is 14.2. The first-order valence-electron chi connectivity index (χ1n) is 7.85. The van der Waals surface area contributed by atoms with Crippen LogP contribution in [0.3, 0.4) is 0 Å². The fourth-order valence-electron chi connectivity index (χ4n) is 1.98. The van der Waals surface area contributed by atoms with Gasteiger partial charge >= 0.3 is 92.4 Å². The average Bonchev–Trinajstić information content (AvgIpc) is 2.97. The minimum atomic E-state index is -0.839. The van der Waals surface area contributed by atoms with E-state index in [0.717, 1.165) is 0 Å². The fraction of sp³-hybridized carbons (Fsp3) is 0.706. The molecule has 0 aliphatic heterocycles. The van der Waals surface area contributed by atoms with Gasteiger partial charge in [-0.05, 0) is 32.1 Å². The van der Waals surface area contributed by atoms with Crippen molar-refractivity contribution in [2.24, 2.45) is 0 Å². The van der Waals surface area contributed by atoms with Gasteiger partial charge in [-0.3, -0.25) is 0 Å². The molecule has 0 aromatic heterocycles. The van der Waals surface area contributed by atoms with E-state index in [1.807, 2.05) is 32.1 Å². The van der Waals surface area contributed by atoms with Gasteiger partial charge in [0.15, 0.2) is 0 Å². The molecule has 0 amide bonds. The predicted octanol–water partition coefficient (Wildman–Crippen LogP) is 5.90. The molecule has 0 heterocycles. The molecule has 0 bridgehead atoms. The molecule has 0 atom stereocenters. The Morgan fingerprint density at radius 3 is 1.06 bits per heavy atom. The molecule has 0 unspecified atom stereocenters. The molecule has 103 valence electrons. The van der Waals surface area contributed by atoms with Gasteiger partial charge in [-0.25, -0.2) is 0 Å². The van der Waals surface area contributed by atoms with E-state index in [-0.39, 0.29) is 0 Å². The first-order valence-corrected chi connectivity index (χ1v) is 13.9. The quantitative estimate of drug-likeness (QED) is 0.452. The minimum absolute atomic E-state index is 0.839. The summed E-state index contributed by atoms with van der Waals surface area (Å²) in [5.74, 6) is 0. The summed E-state index contributed by atoms with van der Waals surface area (Å²) in [4.78, 5) is 0. The summed E-state index contributed by atoms with van der Waals surface area (Å²) in [5.41, 5.74) is 0. The topological polar surface area (TPSA) is 0 Å². The van der Waals surface area contributed by atoms with Gasteiger partial charge in [0.2, 0.25) is 0 Å². The second-order valence-electron chi connectivity index (χ2n) is 5.02. The molecule has 0 N–H and O–H groups in total. The number of hydrogen-bond donors (Lipinski definition) is 0. The van der Waals surface area contributed by atoms with Crippen molar-refractivity contribution in [1.29, 1.82) is 0 Å². The zero-order valence-corrected chi connectivity index (χ0v) is 15.6. The second kappa shape index (κ2) is 15.9. The van der Waals surface area contributed by atoms with Gasteiger partial charge < -0.3 is 0 Å². The Morgan fingerprint density at radius 2 is 0.833 bits per heavy atom. The Bertz CT molecular complexity index is 114. The van der Waals surface area contributed by atoms with Gasteiger partial charge in [0.05, 0.1) is 0 Å². The summed E-state index contributed by atoms with van der Waals surface area (Å²) in [7, 11) is 0. The third-order valence-electron chi connectivity index (χ3n) is 3.21. The molecule has 18 heavy (non-hydrogen) atoms. The maximum Gasteiger partial charge on any atom is -0.0312 e. The molecule has 1 rings (SSSR count). The third kappa shape index (κ3) is 13.2. The number of rotatable bonds is 9. The maximum atomic E-state index is 2.33. The van der Waals surface area contributed by atoms with Gasteiger partial charge in [0, 0.05) is 0 Å². The largest absolute Gasteiger partial charge is 0.0312 e. The van der Waals surface area contributed by atoms with E-state index in [1.54, 1.807) is 13.3 Å². The van der Waals surface area contributed by atoms with E-state index in [4.69, 9.17) is 0 Å². The van der Waals surface area contributed by atoms with Crippen LogP contribution in [0.1, 0.15) is 59.3 Å².